The number of anilines is 1. The highest BCUT2D eigenvalue weighted by Crippen LogP contribution is 2.38. The monoisotopic (exact) mass is 272 g/mol. The molecular weight excluding hydrogens is 252 g/mol. The SMILES string of the molecule is COc1cc(-c2ccccc2N)cc(CCN)c1OC. The minimum atomic E-state index is 0.549. The summed E-state index contributed by atoms with van der Waals surface area (Å²) in [6, 6.07) is 11.7. The molecule has 2 aromatic carbocycles. The second-order valence-corrected chi connectivity index (χ2v) is 4.50. The van der Waals surface area contributed by atoms with Crippen molar-refractivity contribution < 1.29 is 9.47 Å². The number of benzene rings is 2. The molecule has 20 heavy (non-hydrogen) atoms. The fraction of sp³-hybridized carbons (Fsp3) is 0.250. The molecule has 4 N–H and O–H groups in total. The highest BCUT2D eigenvalue weighted by Gasteiger charge is 2.13. The molecule has 0 aromatic heterocycles. The summed E-state index contributed by atoms with van der Waals surface area (Å²) < 4.78 is 10.8. The van der Waals surface area contributed by atoms with Crippen LogP contribution in [-0.2, 0) is 6.42 Å². The zero-order valence-electron chi connectivity index (χ0n) is 11.8. The molecule has 0 amide bonds. The maximum absolute atomic E-state index is 6.04. The zero-order valence-corrected chi connectivity index (χ0v) is 11.8. The Kier molecular flexibility index (Phi) is 4.48. The number of hydrogen-bond donors (Lipinski definition) is 2. The Balaban J connectivity index is 2.60. The maximum Gasteiger partial charge on any atom is 0.163 e. The highest BCUT2D eigenvalue weighted by atomic mass is 16.5. The van der Waals surface area contributed by atoms with E-state index in [4.69, 9.17) is 20.9 Å². The lowest BCUT2D eigenvalue weighted by Gasteiger charge is -2.15. The first-order valence-electron chi connectivity index (χ1n) is 6.51. The van der Waals surface area contributed by atoms with Gasteiger partial charge in [-0.15, -0.1) is 0 Å². The molecule has 0 saturated carbocycles. The second-order valence-electron chi connectivity index (χ2n) is 4.50. The number of methoxy groups -OCH3 is 2. The van der Waals surface area contributed by atoms with E-state index in [9.17, 15) is 0 Å². The number of hydrogen-bond acceptors (Lipinski definition) is 4. The minimum Gasteiger partial charge on any atom is -0.493 e. The summed E-state index contributed by atoms with van der Waals surface area (Å²) in [5.74, 6) is 1.42. The van der Waals surface area contributed by atoms with E-state index in [1.165, 1.54) is 0 Å². The van der Waals surface area contributed by atoms with Crippen LogP contribution in [-0.4, -0.2) is 20.8 Å². The molecule has 2 aromatic rings. The normalized spacial score (nSPS) is 10.3. The Bertz CT molecular complexity index is 597. The third kappa shape index (κ3) is 2.70. The molecule has 0 heterocycles. The Morgan fingerprint density at radius 2 is 1.80 bits per heavy atom. The first-order chi connectivity index (χ1) is 9.71. The standard InChI is InChI=1S/C16H20N2O2/c1-19-15-10-12(13-5-3-4-6-14(13)18)9-11(7-8-17)16(15)20-2/h3-6,9-10H,7-8,17-18H2,1-2H3. The van der Waals surface area contributed by atoms with Crippen LogP contribution in [0.15, 0.2) is 36.4 Å². The Labute approximate surface area is 119 Å². The van der Waals surface area contributed by atoms with E-state index in [1.807, 2.05) is 30.3 Å². The van der Waals surface area contributed by atoms with Crippen LogP contribution >= 0.6 is 0 Å². The fourth-order valence-corrected chi connectivity index (χ4v) is 2.30. The third-order valence-electron chi connectivity index (χ3n) is 3.24. The van der Waals surface area contributed by atoms with Crippen LogP contribution < -0.4 is 20.9 Å². The number of ether oxygens (including phenoxy) is 2. The van der Waals surface area contributed by atoms with Crippen LogP contribution in [0.4, 0.5) is 5.69 Å². The van der Waals surface area contributed by atoms with Crippen LogP contribution in [0, 0.1) is 0 Å². The van der Waals surface area contributed by atoms with Crippen molar-refractivity contribution in [2.24, 2.45) is 5.73 Å². The largest absolute Gasteiger partial charge is 0.493 e. The highest BCUT2D eigenvalue weighted by molar-refractivity contribution is 5.78. The Hall–Kier alpha value is -2.20. The molecule has 0 aliphatic carbocycles. The van der Waals surface area contributed by atoms with Crippen LogP contribution in [0.2, 0.25) is 0 Å². The van der Waals surface area contributed by atoms with Gasteiger partial charge in [0, 0.05) is 11.3 Å². The molecule has 0 saturated heterocycles. The third-order valence-corrected chi connectivity index (χ3v) is 3.24. The lowest BCUT2D eigenvalue weighted by Crippen LogP contribution is -2.05. The van der Waals surface area contributed by atoms with Crippen LogP contribution in [0.3, 0.4) is 0 Å². The van der Waals surface area contributed by atoms with E-state index in [0.717, 1.165) is 34.5 Å². The molecule has 0 radical (unpaired) electrons. The second kappa shape index (κ2) is 6.30. The smallest absolute Gasteiger partial charge is 0.163 e. The maximum atomic E-state index is 6.04. The lowest BCUT2D eigenvalue weighted by atomic mass is 9.99. The van der Waals surface area contributed by atoms with Gasteiger partial charge in [-0.1, -0.05) is 18.2 Å². The van der Waals surface area contributed by atoms with Gasteiger partial charge in [-0.25, -0.2) is 0 Å². The van der Waals surface area contributed by atoms with Crippen LogP contribution in [0.25, 0.3) is 11.1 Å². The van der Waals surface area contributed by atoms with Gasteiger partial charge in [0.05, 0.1) is 14.2 Å². The fourth-order valence-electron chi connectivity index (χ4n) is 2.30. The number of nitrogens with two attached hydrogens (primary N) is 2. The van der Waals surface area contributed by atoms with E-state index in [2.05, 4.69) is 6.07 Å². The van der Waals surface area contributed by atoms with E-state index < -0.39 is 0 Å². The summed E-state index contributed by atoms with van der Waals surface area (Å²) in [5.41, 5.74) is 15.5. The van der Waals surface area contributed by atoms with E-state index >= 15 is 0 Å². The van der Waals surface area contributed by atoms with Crippen molar-refractivity contribution in [1.29, 1.82) is 0 Å². The van der Waals surface area contributed by atoms with Crippen molar-refractivity contribution in [3.63, 3.8) is 0 Å². The summed E-state index contributed by atoms with van der Waals surface area (Å²) in [6.07, 6.45) is 0.722. The Morgan fingerprint density at radius 1 is 1.05 bits per heavy atom. The summed E-state index contributed by atoms with van der Waals surface area (Å²) >= 11 is 0. The number of para-hydroxylation sites is 1. The van der Waals surface area contributed by atoms with Gasteiger partial charge in [0.2, 0.25) is 0 Å². The summed E-state index contributed by atoms with van der Waals surface area (Å²) in [7, 11) is 3.26. The molecule has 0 spiro atoms. The zero-order chi connectivity index (χ0) is 14.5. The summed E-state index contributed by atoms with van der Waals surface area (Å²) in [6.45, 7) is 0.549. The van der Waals surface area contributed by atoms with E-state index in [-0.39, 0.29) is 0 Å². The summed E-state index contributed by atoms with van der Waals surface area (Å²) in [4.78, 5) is 0. The van der Waals surface area contributed by atoms with Gasteiger partial charge in [0.15, 0.2) is 11.5 Å². The Morgan fingerprint density at radius 3 is 2.40 bits per heavy atom. The van der Waals surface area contributed by atoms with Crippen LogP contribution in [0.1, 0.15) is 5.56 Å². The molecule has 0 unspecified atom stereocenters. The summed E-state index contributed by atoms with van der Waals surface area (Å²) in [5, 5.41) is 0. The van der Waals surface area contributed by atoms with Crippen molar-refractivity contribution >= 4 is 5.69 Å². The van der Waals surface area contributed by atoms with Crippen molar-refractivity contribution in [2.75, 3.05) is 26.5 Å². The van der Waals surface area contributed by atoms with Gasteiger partial charge in [0.1, 0.15) is 0 Å². The van der Waals surface area contributed by atoms with Crippen molar-refractivity contribution in [3.05, 3.63) is 42.0 Å². The van der Waals surface area contributed by atoms with Gasteiger partial charge in [0.25, 0.3) is 0 Å². The molecule has 0 bridgehead atoms. The van der Waals surface area contributed by atoms with E-state index in [0.29, 0.717) is 12.3 Å². The minimum absolute atomic E-state index is 0.549. The van der Waals surface area contributed by atoms with Gasteiger partial charge in [-0.3, -0.25) is 0 Å². The van der Waals surface area contributed by atoms with Gasteiger partial charge < -0.3 is 20.9 Å². The van der Waals surface area contributed by atoms with E-state index in [1.54, 1.807) is 14.2 Å². The van der Waals surface area contributed by atoms with Crippen LogP contribution in [0.5, 0.6) is 11.5 Å². The lowest BCUT2D eigenvalue weighted by molar-refractivity contribution is 0.352. The molecule has 0 fully saturated rings. The molecular formula is C16H20N2O2. The topological polar surface area (TPSA) is 70.5 Å². The number of rotatable bonds is 5. The molecule has 0 aliphatic heterocycles. The average molecular weight is 272 g/mol. The van der Waals surface area contributed by atoms with Gasteiger partial charge in [-0.2, -0.15) is 0 Å². The molecule has 2 rings (SSSR count). The quantitative estimate of drug-likeness (QED) is 0.820. The molecule has 4 heteroatoms. The van der Waals surface area contributed by atoms with Crippen molar-refractivity contribution in [1.82, 2.24) is 0 Å². The first kappa shape index (κ1) is 14.2. The van der Waals surface area contributed by atoms with Crippen molar-refractivity contribution in [3.8, 4) is 22.6 Å². The molecule has 0 atom stereocenters. The number of nitrogen functional groups attached to an aromatic ring is 1. The predicted octanol–water partition coefficient (Wildman–Crippen LogP) is 2.45. The van der Waals surface area contributed by atoms with Crippen molar-refractivity contribution in [2.45, 2.75) is 6.42 Å². The first-order valence-corrected chi connectivity index (χ1v) is 6.51. The average Bonchev–Trinajstić information content (AvgIpc) is 2.47. The molecule has 0 aliphatic rings. The molecule has 106 valence electrons. The van der Waals surface area contributed by atoms with Gasteiger partial charge in [-0.05, 0) is 42.3 Å². The predicted molar refractivity (Wildman–Crippen MR) is 82.2 cm³/mol. The molecule has 4 nitrogen and oxygen atoms in total. The van der Waals surface area contributed by atoms with Gasteiger partial charge >= 0.3 is 0 Å².